The maximum absolute atomic E-state index is 12.4. The van der Waals surface area contributed by atoms with Gasteiger partial charge >= 0.3 is 0 Å². The molecular formula is C12H18N6OS. The summed E-state index contributed by atoms with van der Waals surface area (Å²) in [5.74, 6) is 0.947. The molecule has 0 atom stereocenters. The summed E-state index contributed by atoms with van der Waals surface area (Å²) in [6.07, 6.45) is 3.55. The van der Waals surface area contributed by atoms with Crippen molar-refractivity contribution in [1.82, 2.24) is 19.4 Å². The number of hydrogen-bond donors (Lipinski definition) is 1. The SMILES string of the molecule is CN(Cc1nccn1C)C(=O)c1sc(N(C)C)nc1N. The number of carbonyl (C=O) groups excluding carboxylic acids is 1. The molecule has 0 aliphatic heterocycles. The minimum atomic E-state index is -0.142. The van der Waals surface area contributed by atoms with Crippen molar-refractivity contribution in [2.45, 2.75) is 6.54 Å². The number of hydrogen-bond acceptors (Lipinski definition) is 6. The van der Waals surface area contributed by atoms with Crippen LogP contribution < -0.4 is 10.6 Å². The number of rotatable bonds is 4. The Labute approximate surface area is 121 Å². The number of nitrogen functional groups attached to an aromatic ring is 1. The van der Waals surface area contributed by atoms with Crippen LogP contribution in [-0.2, 0) is 13.6 Å². The summed E-state index contributed by atoms with van der Waals surface area (Å²) in [6.45, 7) is 0.428. The summed E-state index contributed by atoms with van der Waals surface area (Å²) in [5, 5.41) is 0.719. The maximum Gasteiger partial charge on any atom is 0.268 e. The molecule has 0 unspecified atom stereocenters. The smallest absolute Gasteiger partial charge is 0.268 e. The average molecular weight is 294 g/mol. The Balaban J connectivity index is 2.16. The molecule has 1 amide bonds. The molecule has 0 aliphatic rings. The second kappa shape index (κ2) is 5.49. The van der Waals surface area contributed by atoms with Gasteiger partial charge in [-0.25, -0.2) is 9.97 Å². The van der Waals surface area contributed by atoms with Gasteiger partial charge in [0.25, 0.3) is 5.91 Å². The van der Waals surface area contributed by atoms with Crippen LogP contribution in [0.1, 0.15) is 15.5 Å². The van der Waals surface area contributed by atoms with E-state index in [-0.39, 0.29) is 11.7 Å². The number of carbonyl (C=O) groups is 1. The van der Waals surface area contributed by atoms with Crippen LogP contribution in [0.25, 0.3) is 0 Å². The molecule has 0 bridgehead atoms. The van der Waals surface area contributed by atoms with E-state index in [1.807, 2.05) is 36.8 Å². The topological polar surface area (TPSA) is 80.3 Å². The molecule has 8 heteroatoms. The predicted octanol–water partition coefficient (Wildman–Crippen LogP) is 0.797. The molecule has 2 N–H and O–H groups in total. The monoisotopic (exact) mass is 294 g/mol. The first-order valence-corrected chi connectivity index (χ1v) is 6.87. The minimum Gasteiger partial charge on any atom is -0.382 e. The van der Waals surface area contributed by atoms with Crippen molar-refractivity contribution >= 4 is 28.2 Å². The van der Waals surface area contributed by atoms with Gasteiger partial charge in [-0.3, -0.25) is 4.79 Å². The summed E-state index contributed by atoms with van der Waals surface area (Å²) in [7, 11) is 7.35. The first-order chi connectivity index (χ1) is 9.40. The largest absolute Gasteiger partial charge is 0.382 e. The van der Waals surface area contributed by atoms with Crippen molar-refractivity contribution < 1.29 is 4.79 Å². The number of amides is 1. The Hall–Kier alpha value is -2.09. The highest BCUT2D eigenvalue weighted by molar-refractivity contribution is 7.18. The van der Waals surface area contributed by atoms with Crippen LogP contribution in [0, 0.1) is 0 Å². The highest BCUT2D eigenvalue weighted by Gasteiger charge is 2.21. The van der Waals surface area contributed by atoms with Gasteiger partial charge in [-0.05, 0) is 0 Å². The lowest BCUT2D eigenvalue weighted by Crippen LogP contribution is -2.27. The first-order valence-electron chi connectivity index (χ1n) is 6.05. The molecule has 0 fully saturated rings. The Morgan fingerprint density at radius 1 is 1.45 bits per heavy atom. The Kier molecular flexibility index (Phi) is 3.93. The molecule has 2 rings (SSSR count). The predicted molar refractivity (Wildman–Crippen MR) is 79.9 cm³/mol. The highest BCUT2D eigenvalue weighted by atomic mass is 32.1. The lowest BCUT2D eigenvalue weighted by atomic mass is 10.4. The fourth-order valence-electron chi connectivity index (χ4n) is 1.67. The van der Waals surface area contributed by atoms with E-state index >= 15 is 0 Å². The van der Waals surface area contributed by atoms with Crippen LogP contribution in [0.3, 0.4) is 0 Å². The third kappa shape index (κ3) is 2.74. The fourth-order valence-corrected chi connectivity index (χ4v) is 2.57. The zero-order valence-electron chi connectivity index (χ0n) is 12.0. The van der Waals surface area contributed by atoms with E-state index in [1.165, 1.54) is 11.3 Å². The van der Waals surface area contributed by atoms with E-state index in [0.717, 1.165) is 11.0 Å². The second-order valence-corrected chi connectivity index (χ2v) is 5.70. The standard InChI is InChI=1S/C12H18N6OS/c1-16(2)12-15-10(13)9(20-12)11(19)18(4)7-8-14-5-6-17(8)3/h5-6H,7,13H2,1-4H3. The number of aryl methyl sites for hydroxylation is 1. The molecule has 2 aromatic rings. The molecular weight excluding hydrogens is 276 g/mol. The van der Waals surface area contributed by atoms with Gasteiger partial charge < -0.3 is 20.1 Å². The Morgan fingerprint density at radius 3 is 2.65 bits per heavy atom. The van der Waals surface area contributed by atoms with Crippen LogP contribution in [-0.4, -0.2) is 46.5 Å². The van der Waals surface area contributed by atoms with Crippen LogP contribution in [0.15, 0.2) is 12.4 Å². The summed E-state index contributed by atoms with van der Waals surface area (Å²) >= 11 is 1.29. The van der Waals surface area contributed by atoms with Crippen LogP contribution in [0.2, 0.25) is 0 Å². The molecule has 0 radical (unpaired) electrons. The minimum absolute atomic E-state index is 0.142. The van der Waals surface area contributed by atoms with E-state index in [0.29, 0.717) is 11.4 Å². The van der Waals surface area contributed by atoms with Crippen molar-refractivity contribution in [3.8, 4) is 0 Å². The molecule has 0 aromatic carbocycles. The number of anilines is 2. The van der Waals surface area contributed by atoms with Crippen molar-refractivity contribution in [3.63, 3.8) is 0 Å². The van der Waals surface area contributed by atoms with Gasteiger partial charge in [-0.2, -0.15) is 0 Å². The van der Waals surface area contributed by atoms with Gasteiger partial charge in [0.15, 0.2) is 5.13 Å². The van der Waals surface area contributed by atoms with Gasteiger partial charge in [0, 0.05) is 40.6 Å². The summed E-state index contributed by atoms with van der Waals surface area (Å²) in [4.78, 5) is 24.7. The van der Waals surface area contributed by atoms with E-state index < -0.39 is 0 Å². The van der Waals surface area contributed by atoms with Gasteiger partial charge in [-0.1, -0.05) is 11.3 Å². The molecule has 108 valence electrons. The van der Waals surface area contributed by atoms with Crippen molar-refractivity contribution in [2.24, 2.45) is 7.05 Å². The maximum atomic E-state index is 12.4. The number of aromatic nitrogens is 3. The molecule has 0 saturated carbocycles. The number of imidazole rings is 1. The van der Waals surface area contributed by atoms with Gasteiger partial charge in [0.05, 0.1) is 6.54 Å². The second-order valence-electron chi connectivity index (χ2n) is 4.72. The van der Waals surface area contributed by atoms with Gasteiger partial charge in [0.1, 0.15) is 16.5 Å². The van der Waals surface area contributed by atoms with Crippen molar-refractivity contribution in [1.29, 1.82) is 0 Å². The normalized spacial score (nSPS) is 10.6. The summed E-state index contributed by atoms with van der Waals surface area (Å²) < 4.78 is 1.88. The van der Waals surface area contributed by atoms with Crippen LogP contribution in [0.4, 0.5) is 10.9 Å². The first kappa shape index (κ1) is 14.3. The molecule has 0 spiro atoms. The van der Waals surface area contributed by atoms with E-state index in [1.54, 1.807) is 18.1 Å². The summed E-state index contributed by atoms with van der Waals surface area (Å²) in [5.41, 5.74) is 5.83. The van der Waals surface area contributed by atoms with Crippen molar-refractivity contribution in [2.75, 3.05) is 31.8 Å². The zero-order chi connectivity index (χ0) is 14.9. The quantitative estimate of drug-likeness (QED) is 0.902. The van der Waals surface area contributed by atoms with Crippen molar-refractivity contribution in [3.05, 3.63) is 23.1 Å². The molecule has 7 nitrogen and oxygen atoms in total. The zero-order valence-corrected chi connectivity index (χ0v) is 12.8. The third-order valence-corrected chi connectivity index (χ3v) is 4.09. The number of nitrogens with zero attached hydrogens (tertiary/aromatic N) is 5. The van der Waals surface area contributed by atoms with E-state index in [9.17, 15) is 4.79 Å². The average Bonchev–Trinajstić information content (AvgIpc) is 2.95. The molecule has 20 heavy (non-hydrogen) atoms. The molecule has 0 aliphatic carbocycles. The van der Waals surface area contributed by atoms with Gasteiger partial charge in [-0.15, -0.1) is 0 Å². The summed E-state index contributed by atoms with van der Waals surface area (Å²) in [6, 6.07) is 0. The van der Waals surface area contributed by atoms with Crippen LogP contribution in [0.5, 0.6) is 0 Å². The molecule has 2 aromatic heterocycles. The number of thiazole rings is 1. The third-order valence-electron chi connectivity index (χ3n) is 2.87. The highest BCUT2D eigenvalue weighted by Crippen LogP contribution is 2.27. The van der Waals surface area contributed by atoms with Crippen LogP contribution >= 0.6 is 11.3 Å². The Bertz CT molecular complexity index is 617. The number of nitrogens with two attached hydrogens (primary N) is 1. The fraction of sp³-hybridized carbons (Fsp3) is 0.417. The Morgan fingerprint density at radius 2 is 2.15 bits per heavy atom. The van der Waals surface area contributed by atoms with E-state index in [4.69, 9.17) is 5.73 Å². The van der Waals surface area contributed by atoms with Gasteiger partial charge in [0.2, 0.25) is 0 Å². The lowest BCUT2D eigenvalue weighted by molar-refractivity contribution is 0.0786. The van der Waals surface area contributed by atoms with E-state index in [2.05, 4.69) is 9.97 Å². The molecule has 2 heterocycles. The molecule has 0 saturated heterocycles. The lowest BCUT2D eigenvalue weighted by Gasteiger charge is -2.16.